The predicted octanol–water partition coefficient (Wildman–Crippen LogP) is 3.02. The van der Waals surface area contributed by atoms with Gasteiger partial charge in [0.05, 0.1) is 6.42 Å². The van der Waals surface area contributed by atoms with Crippen molar-refractivity contribution in [3.05, 3.63) is 35.9 Å². The minimum absolute atomic E-state index is 0. The Morgan fingerprint density at radius 3 is 2.81 bits per heavy atom. The van der Waals surface area contributed by atoms with Crippen LogP contribution in [0, 0.1) is 0 Å². The van der Waals surface area contributed by atoms with Crippen LogP contribution in [0.1, 0.15) is 18.0 Å². The van der Waals surface area contributed by atoms with E-state index in [0.29, 0.717) is 11.2 Å². The lowest BCUT2D eigenvalue weighted by Crippen LogP contribution is -2.19. The van der Waals surface area contributed by atoms with Gasteiger partial charge in [-0.25, -0.2) is 4.39 Å². The molecule has 1 aromatic rings. The summed E-state index contributed by atoms with van der Waals surface area (Å²) in [5, 5.41) is 4.22. The minimum atomic E-state index is -0.941. The Bertz CT molecular complexity index is 471. The van der Waals surface area contributed by atoms with Gasteiger partial charge in [0.2, 0.25) is 6.04 Å². The van der Waals surface area contributed by atoms with Crippen LogP contribution < -0.4 is 0 Å². The molecule has 0 aromatic heterocycles. The van der Waals surface area contributed by atoms with Gasteiger partial charge in [-0.1, -0.05) is 35.0 Å². The van der Waals surface area contributed by atoms with Gasteiger partial charge < -0.3 is 0 Å². The molecule has 1 aromatic carbocycles. The number of amidine groups is 1. The van der Waals surface area contributed by atoms with E-state index < -0.39 is 12.3 Å². The third kappa shape index (κ3) is 1.50. The Morgan fingerprint density at radius 2 is 2.06 bits per heavy atom. The Morgan fingerprint density at radius 1 is 1.31 bits per heavy atom. The summed E-state index contributed by atoms with van der Waals surface area (Å²) in [6.07, 6.45) is -0.925. The lowest BCUT2D eigenvalue weighted by Gasteiger charge is -2.03. The summed E-state index contributed by atoms with van der Waals surface area (Å²) in [4.78, 5) is 4.12. The highest BCUT2D eigenvalue weighted by Crippen LogP contribution is 2.37. The molecule has 0 saturated carbocycles. The predicted molar refractivity (Wildman–Crippen MR) is 61.5 cm³/mol. The standard InChI is InChI=1S/C11H10BrFN3/c12-11-14-10-8(13)6-9(16(10)15-11)7-4-2-1-3-5-7/h1-5,8-10H,6H2/q+1/t8-,9-,10?/m1/s1. The average molecular weight is 283 g/mol. The number of rotatable bonds is 1. The number of fused-ring (bicyclic) bond motifs is 1. The second-order valence-corrected chi connectivity index (χ2v) is 4.68. The van der Waals surface area contributed by atoms with Gasteiger partial charge in [0, 0.05) is 26.6 Å². The highest BCUT2D eigenvalue weighted by atomic mass is 79.9. The third-order valence-electron chi connectivity index (χ3n) is 2.98. The smallest absolute Gasteiger partial charge is 0.237 e. The molecule has 82 valence electrons. The number of hydrogen-bond acceptors (Lipinski definition) is 2. The quantitative estimate of drug-likeness (QED) is 0.560. The molecule has 3 rings (SSSR count). The van der Waals surface area contributed by atoms with E-state index >= 15 is 0 Å². The van der Waals surface area contributed by atoms with Gasteiger partial charge in [0.25, 0.3) is 4.74 Å². The highest BCUT2D eigenvalue weighted by Gasteiger charge is 2.51. The molecule has 0 radical (unpaired) electrons. The molecule has 5 heteroatoms. The molecular formula is C11H10BrFN3+. The van der Waals surface area contributed by atoms with Crippen LogP contribution in [-0.2, 0) is 0 Å². The van der Waals surface area contributed by atoms with Crippen molar-refractivity contribution in [3.8, 4) is 0 Å². The Kier molecular flexibility index (Phi) is 2.35. The van der Waals surface area contributed by atoms with E-state index in [1.54, 1.807) is 4.70 Å². The maximum Gasteiger partial charge on any atom is 0.305 e. The summed E-state index contributed by atoms with van der Waals surface area (Å²) in [6, 6.07) is 9.88. The van der Waals surface area contributed by atoms with Crippen LogP contribution in [0.3, 0.4) is 0 Å². The topological polar surface area (TPSA) is 27.7 Å². The minimum Gasteiger partial charge on any atom is -0.237 e. The van der Waals surface area contributed by atoms with Gasteiger partial charge in [-0.15, -0.1) is 0 Å². The summed E-state index contributed by atoms with van der Waals surface area (Å²) >= 11 is 3.20. The van der Waals surface area contributed by atoms with Gasteiger partial charge in [-0.2, -0.15) is 4.99 Å². The summed E-state index contributed by atoms with van der Waals surface area (Å²) in [5.74, 6) is 0. The van der Waals surface area contributed by atoms with E-state index in [9.17, 15) is 4.39 Å². The van der Waals surface area contributed by atoms with Gasteiger partial charge in [-0.3, -0.25) is 0 Å². The fraction of sp³-hybridized carbons (Fsp3) is 0.364. The summed E-state index contributed by atoms with van der Waals surface area (Å²) in [5.41, 5.74) is 1.09. The first-order valence-corrected chi connectivity index (χ1v) is 5.97. The molecular weight excluding hydrogens is 273 g/mol. The van der Waals surface area contributed by atoms with E-state index in [1.165, 1.54) is 0 Å². The van der Waals surface area contributed by atoms with E-state index in [0.717, 1.165) is 5.56 Å². The van der Waals surface area contributed by atoms with Crippen LogP contribution in [0.25, 0.3) is 0 Å². The molecule has 2 aliphatic heterocycles. The summed E-state index contributed by atoms with van der Waals surface area (Å²) in [6.45, 7) is 0. The van der Waals surface area contributed by atoms with Crippen molar-refractivity contribution < 1.29 is 9.09 Å². The van der Waals surface area contributed by atoms with E-state index in [-0.39, 0.29) is 6.04 Å². The Balaban J connectivity index is 1.98. The number of benzene rings is 1. The zero-order valence-corrected chi connectivity index (χ0v) is 10.0. The molecule has 1 fully saturated rings. The number of hydrogen-bond donors (Lipinski definition) is 0. The second-order valence-electron chi connectivity index (χ2n) is 3.97. The third-order valence-corrected chi connectivity index (χ3v) is 3.35. The molecule has 0 aliphatic carbocycles. The number of azo groups is 2. The Labute approximate surface area is 101 Å². The van der Waals surface area contributed by atoms with E-state index in [1.807, 2.05) is 30.3 Å². The van der Waals surface area contributed by atoms with Crippen molar-refractivity contribution in [1.82, 2.24) is 0 Å². The van der Waals surface area contributed by atoms with Gasteiger partial charge in [-0.05, 0) is 0 Å². The largest absolute Gasteiger partial charge is 0.305 e. The van der Waals surface area contributed by atoms with E-state index in [2.05, 4.69) is 26.0 Å². The molecule has 1 unspecified atom stereocenters. The zero-order valence-electron chi connectivity index (χ0n) is 8.42. The number of alkyl halides is 1. The lowest BCUT2D eigenvalue weighted by molar-refractivity contribution is -0.635. The highest BCUT2D eigenvalue weighted by molar-refractivity contribution is 9.18. The molecule has 2 aliphatic rings. The first-order valence-electron chi connectivity index (χ1n) is 5.18. The molecule has 0 N–H and O–H groups in total. The van der Waals surface area contributed by atoms with Crippen molar-refractivity contribution >= 4 is 20.7 Å². The molecule has 3 atom stereocenters. The first kappa shape index (κ1) is 10.1. The van der Waals surface area contributed by atoms with Crippen LogP contribution >= 0.6 is 15.9 Å². The SMILES string of the molecule is F[C@@H]1C[C@H](c2ccccc2)[N+]2=NC(Br)=NC12. The number of nitrogens with zero attached hydrogens (tertiary/aromatic N) is 3. The van der Waals surface area contributed by atoms with Crippen LogP contribution in [0.4, 0.5) is 4.39 Å². The molecule has 1 saturated heterocycles. The van der Waals surface area contributed by atoms with Crippen molar-refractivity contribution in [1.29, 1.82) is 0 Å². The molecule has 0 bridgehead atoms. The fourth-order valence-corrected chi connectivity index (χ4v) is 2.65. The van der Waals surface area contributed by atoms with Crippen molar-refractivity contribution in [2.75, 3.05) is 0 Å². The molecule has 0 amide bonds. The molecule has 16 heavy (non-hydrogen) atoms. The molecule has 0 spiro atoms. The van der Waals surface area contributed by atoms with E-state index in [4.69, 9.17) is 0 Å². The summed E-state index contributed by atoms with van der Waals surface area (Å²) in [7, 11) is 0. The fourth-order valence-electron chi connectivity index (χ4n) is 2.26. The summed E-state index contributed by atoms with van der Waals surface area (Å²) < 4.78 is 16.0. The number of halogens is 2. The van der Waals surface area contributed by atoms with Crippen molar-refractivity contribution in [2.45, 2.75) is 24.8 Å². The monoisotopic (exact) mass is 282 g/mol. The van der Waals surface area contributed by atoms with Gasteiger partial charge in [0.1, 0.15) is 0 Å². The van der Waals surface area contributed by atoms with Gasteiger partial charge >= 0.3 is 6.17 Å². The van der Waals surface area contributed by atoms with Crippen LogP contribution in [0.2, 0.25) is 0 Å². The van der Waals surface area contributed by atoms with Crippen molar-refractivity contribution in [2.24, 2.45) is 10.1 Å². The molecule has 2 heterocycles. The average Bonchev–Trinajstić information content (AvgIpc) is 2.80. The maximum atomic E-state index is 13.8. The van der Waals surface area contributed by atoms with Crippen molar-refractivity contribution in [3.63, 3.8) is 0 Å². The zero-order chi connectivity index (χ0) is 11.1. The Hall–Kier alpha value is -1.10. The van der Waals surface area contributed by atoms with Crippen LogP contribution in [0.5, 0.6) is 0 Å². The van der Waals surface area contributed by atoms with Gasteiger partial charge in [0.15, 0.2) is 6.17 Å². The lowest BCUT2D eigenvalue weighted by atomic mass is 10.1. The first-order chi connectivity index (χ1) is 7.75. The van der Waals surface area contributed by atoms with Crippen LogP contribution in [0.15, 0.2) is 40.4 Å². The molecule has 3 nitrogen and oxygen atoms in total. The maximum absolute atomic E-state index is 13.8. The van der Waals surface area contributed by atoms with Crippen LogP contribution in [-0.4, -0.2) is 21.8 Å². The normalized spacial score (nSPS) is 32.2. The second kappa shape index (κ2) is 3.73. The number of aliphatic imine (C=N–C) groups is 1.